The number of hydrogen-bond donors (Lipinski definition) is 2. The first-order valence-corrected chi connectivity index (χ1v) is 13.0. The molecule has 1 heterocycles. The molecule has 1 aliphatic carbocycles. The number of ether oxygens (including phenoxy) is 1. The maximum atomic E-state index is 12.7. The van der Waals surface area contributed by atoms with Gasteiger partial charge in [-0.25, -0.2) is 17.9 Å². The maximum absolute atomic E-state index is 12.7. The first-order chi connectivity index (χ1) is 14.4. The zero-order chi connectivity index (χ0) is 21.6. The summed E-state index contributed by atoms with van der Waals surface area (Å²) in [5.74, 6) is 0.854. The van der Waals surface area contributed by atoms with E-state index in [1.165, 1.54) is 25.5 Å². The summed E-state index contributed by atoms with van der Waals surface area (Å²) in [6, 6.07) is 7.33. The van der Waals surface area contributed by atoms with E-state index in [1.807, 2.05) is 31.2 Å². The molecule has 7 nitrogen and oxygen atoms in total. The summed E-state index contributed by atoms with van der Waals surface area (Å²) in [6.07, 6.45) is 9.41. The molecule has 3 rings (SSSR count). The number of carbonyl (C=O) groups is 1. The standard InChI is InChI=1S/C22H35N3O4S/c1-3-23-22(26)25-14-8-13-20(24-30(2,27)28)21(25)16-17-9-7-12-19(15-17)29-18-10-5-4-6-11-18/h7,9,12,15,18,20-21,24H,3-6,8,10-11,13-14,16H2,1-2H3,(H,23,26)/t20-,21-/m1/s1. The molecule has 1 aromatic rings. The van der Waals surface area contributed by atoms with Crippen molar-refractivity contribution in [3.63, 3.8) is 0 Å². The largest absolute Gasteiger partial charge is 0.490 e. The summed E-state index contributed by atoms with van der Waals surface area (Å²) < 4.78 is 32.8. The third-order valence-electron chi connectivity index (χ3n) is 5.93. The average molecular weight is 438 g/mol. The van der Waals surface area contributed by atoms with Crippen LogP contribution in [0.4, 0.5) is 4.79 Å². The van der Waals surface area contributed by atoms with Crippen LogP contribution < -0.4 is 14.8 Å². The van der Waals surface area contributed by atoms with E-state index in [-0.39, 0.29) is 24.2 Å². The molecule has 2 fully saturated rings. The zero-order valence-corrected chi connectivity index (χ0v) is 18.9. The van der Waals surface area contributed by atoms with Crippen molar-refractivity contribution in [1.29, 1.82) is 0 Å². The Balaban J connectivity index is 1.77. The number of piperidine rings is 1. The number of benzene rings is 1. The highest BCUT2D eigenvalue weighted by molar-refractivity contribution is 7.88. The van der Waals surface area contributed by atoms with Gasteiger partial charge in [-0.05, 0) is 69.6 Å². The Morgan fingerprint density at radius 3 is 2.63 bits per heavy atom. The fourth-order valence-corrected chi connectivity index (χ4v) is 5.41. The molecule has 1 saturated heterocycles. The Bertz CT molecular complexity index is 808. The van der Waals surface area contributed by atoms with Crippen molar-refractivity contribution in [2.45, 2.75) is 76.5 Å². The molecule has 0 unspecified atom stereocenters. The summed E-state index contributed by atoms with van der Waals surface area (Å²) in [6.45, 7) is 3.04. The number of carbonyl (C=O) groups excluding carboxylic acids is 1. The monoisotopic (exact) mass is 437 g/mol. The predicted octanol–water partition coefficient (Wildman–Crippen LogP) is 3.05. The van der Waals surface area contributed by atoms with Crippen molar-refractivity contribution in [2.75, 3.05) is 19.3 Å². The Morgan fingerprint density at radius 2 is 1.93 bits per heavy atom. The summed E-state index contributed by atoms with van der Waals surface area (Å²) in [5, 5.41) is 2.87. The first kappa shape index (κ1) is 22.9. The quantitative estimate of drug-likeness (QED) is 0.686. The van der Waals surface area contributed by atoms with Gasteiger partial charge in [-0.1, -0.05) is 18.6 Å². The molecule has 30 heavy (non-hydrogen) atoms. The van der Waals surface area contributed by atoms with Gasteiger partial charge in [-0.3, -0.25) is 0 Å². The minimum absolute atomic E-state index is 0.142. The van der Waals surface area contributed by atoms with E-state index >= 15 is 0 Å². The van der Waals surface area contributed by atoms with Crippen LogP contribution in [0.2, 0.25) is 0 Å². The summed E-state index contributed by atoms with van der Waals surface area (Å²) in [4.78, 5) is 14.4. The highest BCUT2D eigenvalue weighted by atomic mass is 32.2. The Hall–Kier alpha value is -1.80. The van der Waals surface area contributed by atoms with Gasteiger partial charge in [-0.2, -0.15) is 0 Å². The molecule has 168 valence electrons. The van der Waals surface area contributed by atoms with Crippen molar-refractivity contribution in [2.24, 2.45) is 0 Å². The van der Waals surface area contributed by atoms with E-state index in [0.29, 0.717) is 25.9 Å². The summed E-state index contributed by atoms with van der Waals surface area (Å²) in [5.41, 5.74) is 1.05. The maximum Gasteiger partial charge on any atom is 0.317 e. The van der Waals surface area contributed by atoms with Crippen LogP contribution in [0.15, 0.2) is 24.3 Å². The van der Waals surface area contributed by atoms with Crippen LogP contribution in [0, 0.1) is 0 Å². The number of nitrogens with zero attached hydrogens (tertiary/aromatic N) is 1. The lowest BCUT2D eigenvalue weighted by atomic mass is 9.91. The SMILES string of the molecule is CCNC(=O)N1CCC[C@@H](NS(C)(=O)=O)[C@H]1Cc1cccc(OC2CCCCC2)c1. The van der Waals surface area contributed by atoms with E-state index in [4.69, 9.17) is 4.74 Å². The van der Waals surface area contributed by atoms with Gasteiger partial charge in [0.2, 0.25) is 10.0 Å². The van der Waals surface area contributed by atoms with Gasteiger partial charge in [0.05, 0.1) is 18.4 Å². The number of sulfonamides is 1. The van der Waals surface area contributed by atoms with Crippen molar-refractivity contribution < 1.29 is 17.9 Å². The zero-order valence-electron chi connectivity index (χ0n) is 18.1. The minimum Gasteiger partial charge on any atom is -0.490 e. The van der Waals surface area contributed by atoms with Gasteiger partial charge in [-0.15, -0.1) is 0 Å². The highest BCUT2D eigenvalue weighted by Gasteiger charge is 2.35. The molecular formula is C22H35N3O4S. The molecule has 0 radical (unpaired) electrons. The van der Waals surface area contributed by atoms with Crippen molar-refractivity contribution in [1.82, 2.24) is 14.9 Å². The second kappa shape index (κ2) is 10.5. The van der Waals surface area contributed by atoms with E-state index < -0.39 is 10.0 Å². The normalized spacial score (nSPS) is 23.2. The molecule has 2 aliphatic rings. The molecule has 2 atom stereocenters. The van der Waals surface area contributed by atoms with Gasteiger partial charge in [0.25, 0.3) is 0 Å². The molecule has 0 bridgehead atoms. The lowest BCUT2D eigenvalue weighted by molar-refractivity contribution is 0.133. The molecule has 1 aromatic carbocycles. The molecule has 1 saturated carbocycles. The van der Waals surface area contributed by atoms with Gasteiger partial charge < -0.3 is 15.0 Å². The van der Waals surface area contributed by atoms with Crippen LogP contribution in [-0.4, -0.2) is 56.9 Å². The number of urea groups is 1. The Morgan fingerprint density at radius 1 is 1.17 bits per heavy atom. The topological polar surface area (TPSA) is 87.7 Å². The highest BCUT2D eigenvalue weighted by Crippen LogP contribution is 2.26. The average Bonchev–Trinajstić information content (AvgIpc) is 2.69. The molecule has 2 N–H and O–H groups in total. The molecule has 2 amide bonds. The van der Waals surface area contributed by atoms with Gasteiger partial charge in [0.1, 0.15) is 5.75 Å². The second-order valence-corrected chi connectivity index (χ2v) is 10.2. The lowest BCUT2D eigenvalue weighted by Crippen LogP contribution is -2.59. The van der Waals surface area contributed by atoms with Gasteiger partial charge >= 0.3 is 6.03 Å². The number of nitrogens with one attached hydrogen (secondary N) is 2. The fourth-order valence-electron chi connectivity index (χ4n) is 4.59. The lowest BCUT2D eigenvalue weighted by Gasteiger charge is -2.41. The molecule has 1 aliphatic heterocycles. The van der Waals surface area contributed by atoms with E-state index in [9.17, 15) is 13.2 Å². The van der Waals surface area contributed by atoms with Crippen molar-refractivity contribution in [3.05, 3.63) is 29.8 Å². The van der Waals surface area contributed by atoms with E-state index in [2.05, 4.69) is 10.0 Å². The number of hydrogen-bond acceptors (Lipinski definition) is 4. The van der Waals surface area contributed by atoms with Gasteiger partial charge in [0.15, 0.2) is 0 Å². The predicted molar refractivity (Wildman–Crippen MR) is 118 cm³/mol. The third kappa shape index (κ3) is 6.60. The second-order valence-electron chi connectivity index (χ2n) is 8.46. The van der Waals surface area contributed by atoms with Gasteiger partial charge in [0, 0.05) is 19.1 Å². The van der Waals surface area contributed by atoms with E-state index in [0.717, 1.165) is 30.6 Å². The van der Waals surface area contributed by atoms with Crippen LogP contribution in [0.5, 0.6) is 5.75 Å². The van der Waals surface area contributed by atoms with Crippen LogP contribution in [0.25, 0.3) is 0 Å². The molecule has 0 aromatic heterocycles. The van der Waals surface area contributed by atoms with Crippen molar-refractivity contribution in [3.8, 4) is 5.75 Å². The van der Waals surface area contributed by atoms with E-state index in [1.54, 1.807) is 4.90 Å². The smallest absolute Gasteiger partial charge is 0.317 e. The summed E-state index contributed by atoms with van der Waals surface area (Å²) in [7, 11) is -3.37. The number of likely N-dealkylation sites (tertiary alicyclic amines) is 1. The molecule has 0 spiro atoms. The third-order valence-corrected chi connectivity index (χ3v) is 6.66. The fraction of sp³-hybridized carbons (Fsp3) is 0.682. The van der Waals surface area contributed by atoms with Crippen LogP contribution in [0.1, 0.15) is 57.4 Å². The van der Waals surface area contributed by atoms with Crippen LogP contribution in [-0.2, 0) is 16.4 Å². The molecular weight excluding hydrogens is 402 g/mol. The van der Waals surface area contributed by atoms with Crippen LogP contribution >= 0.6 is 0 Å². The Kier molecular flexibility index (Phi) is 7.99. The first-order valence-electron chi connectivity index (χ1n) is 11.1. The van der Waals surface area contributed by atoms with Crippen molar-refractivity contribution >= 4 is 16.1 Å². The number of rotatable bonds is 7. The van der Waals surface area contributed by atoms with Crippen LogP contribution in [0.3, 0.4) is 0 Å². The summed E-state index contributed by atoms with van der Waals surface area (Å²) >= 11 is 0. The number of amides is 2. The minimum atomic E-state index is -3.37. The Labute approximate surface area is 180 Å². The molecule has 8 heteroatoms.